The van der Waals surface area contributed by atoms with Crippen molar-refractivity contribution in [1.82, 2.24) is 0 Å². The zero-order valence-electron chi connectivity index (χ0n) is 22.6. The summed E-state index contributed by atoms with van der Waals surface area (Å²) in [6.45, 7) is 5.38. The Bertz CT molecular complexity index is 1180. The second kappa shape index (κ2) is 13.7. The zero-order valence-corrected chi connectivity index (χ0v) is 22.6. The van der Waals surface area contributed by atoms with E-state index in [1.54, 1.807) is 30.3 Å². The van der Waals surface area contributed by atoms with E-state index in [9.17, 15) is 14.4 Å². The van der Waals surface area contributed by atoms with Gasteiger partial charge < -0.3 is 34.9 Å². The molecule has 0 saturated heterocycles. The van der Waals surface area contributed by atoms with Crippen molar-refractivity contribution in [3.63, 3.8) is 0 Å². The maximum atomic E-state index is 12.9. The van der Waals surface area contributed by atoms with Crippen molar-refractivity contribution in [3.8, 4) is 23.0 Å². The van der Waals surface area contributed by atoms with Crippen LogP contribution in [-0.2, 0) is 14.4 Å². The molecule has 3 amide bonds. The number of carbonyl (C=O) groups is 3. The van der Waals surface area contributed by atoms with Crippen LogP contribution >= 0.6 is 0 Å². The van der Waals surface area contributed by atoms with Gasteiger partial charge in [0.05, 0.1) is 24.6 Å². The fourth-order valence-corrected chi connectivity index (χ4v) is 4.69. The zero-order chi connectivity index (χ0) is 27.6. The van der Waals surface area contributed by atoms with Gasteiger partial charge in [-0.15, -0.1) is 0 Å². The first-order valence-electron chi connectivity index (χ1n) is 13.7. The summed E-state index contributed by atoms with van der Waals surface area (Å²) in [5.74, 6) is 1.36. The quantitative estimate of drug-likeness (QED) is 0.362. The lowest BCUT2D eigenvalue weighted by molar-refractivity contribution is -0.121. The molecule has 0 spiro atoms. The van der Waals surface area contributed by atoms with Gasteiger partial charge in [-0.1, -0.05) is 19.3 Å². The number of fused-ring (bicyclic) bond motifs is 1. The van der Waals surface area contributed by atoms with Gasteiger partial charge in [-0.3, -0.25) is 14.4 Å². The van der Waals surface area contributed by atoms with E-state index >= 15 is 0 Å². The molecule has 2 aliphatic rings. The topological polar surface area (TPSA) is 124 Å². The molecule has 2 aromatic carbocycles. The minimum Gasteiger partial charge on any atom is -0.492 e. The molecule has 10 heteroatoms. The number of hydrogen-bond donors (Lipinski definition) is 3. The number of amides is 3. The molecule has 210 valence electrons. The number of rotatable bonds is 11. The molecule has 1 fully saturated rings. The van der Waals surface area contributed by atoms with Gasteiger partial charge in [0, 0.05) is 42.6 Å². The Balaban J connectivity index is 1.38. The first-order valence-corrected chi connectivity index (χ1v) is 13.7. The number of hydrogen-bond acceptors (Lipinski definition) is 7. The molecule has 10 nitrogen and oxygen atoms in total. The lowest BCUT2D eigenvalue weighted by atomic mass is 9.88. The Kier molecular flexibility index (Phi) is 9.88. The molecule has 1 heterocycles. The molecule has 0 aromatic heterocycles. The van der Waals surface area contributed by atoms with Crippen LogP contribution in [0.1, 0.15) is 58.8 Å². The Labute approximate surface area is 228 Å². The van der Waals surface area contributed by atoms with Crippen molar-refractivity contribution >= 4 is 34.8 Å². The highest BCUT2D eigenvalue weighted by atomic mass is 16.6. The van der Waals surface area contributed by atoms with Crippen LogP contribution in [0.5, 0.6) is 23.0 Å². The van der Waals surface area contributed by atoms with Gasteiger partial charge in [-0.25, -0.2) is 0 Å². The van der Waals surface area contributed by atoms with Crippen LogP contribution < -0.4 is 34.9 Å². The summed E-state index contributed by atoms with van der Waals surface area (Å²) in [7, 11) is 0. The molecular formula is C29H37N3O7. The molecule has 2 aromatic rings. The Hall–Kier alpha value is -3.95. The van der Waals surface area contributed by atoms with E-state index in [-0.39, 0.29) is 36.5 Å². The molecule has 0 atom stereocenters. The van der Waals surface area contributed by atoms with Crippen molar-refractivity contribution in [3.05, 3.63) is 30.3 Å². The lowest BCUT2D eigenvalue weighted by Gasteiger charge is -2.22. The van der Waals surface area contributed by atoms with Gasteiger partial charge in [0.2, 0.25) is 17.7 Å². The van der Waals surface area contributed by atoms with Crippen LogP contribution in [0.4, 0.5) is 17.1 Å². The average Bonchev–Trinajstić information content (AvgIpc) is 2.94. The summed E-state index contributed by atoms with van der Waals surface area (Å²) < 4.78 is 22.6. The number of anilines is 3. The molecule has 0 radical (unpaired) electrons. The number of carbonyl (C=O) groups excluding carboxylic acids is 3. The van der Waals surface area contributed by atoms with E-state index in [4.69, 9.17) is 18.9 Å². The minimum atomic E-state index is -0.352. The number of ether oxygens (including phenoxy) is 4. The summed E-state index contributed by atoms with van der Waals surface area (Å²) in [6, 6.07) is 8.50. The van der Waals surface area contributed by atoms with E-state index in [1.807, 2.05) is 13.8 Å². The minimum absolute atomic E-state index is 0.0158. The summed E-state index contributed by atoms with van der Waals surface area (Å²) in [5.41, 5.74) is 1.48. The molecule has 1 saturated carbocycles. The second-order valence-corrected chi connectivity index (χ2v) is 9.49. The van der Waals surface area contributed by atoms with Crippen LogP contribution in [0.15, 0.2) is 30.3 Å². The smallest absolute Gasteiger partial charge is 0.227 e. The first kappa shape index (κ1) is 28.1. The Morgan fingerprint density at radius 3 is 2.00 bits per heavy atom. The van der Waals surface area contributed by atoms with E-state index in [0.717, 1.165) is 32.1 Å². The molecule has 1 aliphatic heterocycles. The SMILES string of the molecule is CCOc1cc(NC(=O)C2CCCCC2)c(OCC)cc1NC(=O)CCC(=O)Nc1ccc2c(c1)OCCO2. The van der Waals surface area contributed by atoms with Gasteiger partial charge in [0.25, 0.3) is 0 Å². The maximum Gasteiger partial charge on any atom is 0.227 e. The molecule has 0 bridgehead atoms. The predicted octanol–water partition coefficient (Wildman–Crippen LogP) is 5.13. The van der Waals surface area contributed by atoms with E-state index < -0.39 is 0 Å². The lowest BCUT2D eigenvalue weighted by Crippen LogP contribution is -2.25. The number of nitrogens with one attached hydrogen (secondary N) is 3. The maximum absolute atomic E-state index is 12.9. The van der Waals surface area contributed by atoms with Gasteiger partial charge in [-0.2, -0.15) is 0 Å². The van der Waals surface area contributed by atoms with Crippen molar-refractivity contribution in [2.24, 2.45) is 5.92 Å². The third-order valence-corrected chi connectivity index (χ3v) is 6.59. The molecule has 0 unspecified atom stereocenters. The molecule has 39 heavy (non-hydrogen) atoms. The average molecular weight is 540 g/mol. The standard InChI is InChI=1S/C29H37N3O7/c1-3-36-24-18-22(32-29(35)19-8-6-5-7-9-19)25(37-4-2)17-21(24)31-28(34)13-12-27(33)30-20-10-11-23-26(16-20)39-15-14-38-23/h10-11,16-19H,3-9,12-15H2,1-2H3,(H,30,33)(H,31,34)(H,32,35). The highest BCUT2D eigenvalue weighted by molar-refractivity contribution is 5.99. The third-order valence-electron chi connectivity index (χ3n) is 6.59. The van der Waals surface area contributed by atoms with Crippen LogP contribution in [-0.4, -0.2) is 44.1 Å². The second-order valence-electron chi connectivity index (χ2n) is 9.49. The van der Waals surface area contributed by atoms with Crippen molar-refractivity contribution in [1.29, 1.82) is 0 Å². The van der Waals surface area contributed by atoms with E-state index in [0.29, 0.717) is 66.5 Å². The molecule has 3 N–H and O–H groups in total. The van der Waals surface area contributed by atoms with Crippen molar-refractivity contribution in [2.75, 3.05) is 42.4 Å². The van der Waals surface area contributed by atoms with E-state index in [1.165, 1.54) is 0 Å². The van der Waals surface area contributed by atoms with Gasteiger partial charge >= 0.3 is 0 Å². The first-order chi connectivity index (χ1) is 19.0. The highest BCUT2D eigenvalue weighted by Gasteiger charge is 2.23. The van der Waals surface area contributed by atoms with Crippen molar-refractivity contribution in [2.45, 2.75) is 58.8 Å². The summed E-state index contributed by atoms with van der Waals surface area (Å²) in [4.78, 5) is 38.1. The predicted molar refractivity (Wildman–Crippen MR) is 148 cm³/mol. The molecule has 4 rings (SSSR count). The summed E-state index contributed by atoms with van der Waals surface area (Å²) >= 11 is 0. The van der Waals surface area contributed by atoms with E-state index in [2.05, 4.69) is 16.0 Å². The number of benzene rings is 2. The van der Waals surface area contributed by atoms with Gasteiger partial charge in [0.15, 0.2) is 11.5 Å². The molecular weight excluding hydrogens is 502 g/mol. The monoisotopic (exact) mass is 539 g/mol. The van der Waals surface area contributed by atoms with Crippen molar-refractivity contribution < 1.29 is 33.3 Å². The fourth-order valence-electron chi connectivity index (χ4n) is 4.69. The Morgan fingerprint density at radius 1 is 0.769 bits per heavy atom. The normalized spacial score (nSPS) is 14.7. The van der Waals surface area contributed by atoms with Crippen LogP contribution in [0, 0.1) is 5.92 Å². The summed E-state index contributed by atoms with van der Waals surface area (Å²) in [6.07, 6.45) is 4.98. The van der Waals surface area contributed by atoms with Crippen LogP contribution in [0.3, 0.4) is 0 Å². The molecule has 1 aliphatic carbocycles. The van der Waals surface area contributed by atoms with Gasteiger partial charge in [0.1, 0.15) is 24.7 Å². The fraction of sp³-hybridized carbons (Fsp3) is 0.483. The summed E-state index contributed by atoms with van der Waals surface area (Å²) in [5, 5.41) is 8.61. The van der Waals surface area contributed by atoms with Crippen LogP contribution in [0.2, 0.25) is 0 Å². The van der Waals surface area contributed by atoms with Gasteiger partial charge in [-0.05, 0) is 38.8 Å². The Morgan fingerprint density at radius 2 is 1.36 bits per heavy atom. The van der Waals surface area contributed by atoms with Crippen LogP contribution in [0.25, 0.3) is 0 Å². The largest absolute Gasteiger partial charge is 0.492 e. The third kappa shape index (κ3) is 7.78. The highest BCUT2D eigenvalue weighted by Crippen LogP contribution is 2.38.